The first-order valence-electron chi connectivity index (χ1n) is 15.9. The first kappa shape index (κ1) is 38.6. The van der Waals surface area contributed by atoms with E-state index >= 15 is 0 Å². The molecule has 0 saturated carbocycles. The van der Waals surface area contributed by atoms with E-state index in [1.807, 2.05) is 61.4 Å². The summed E-state index contributed by atoms with van der Waals surface area (Å²) in [7, 11) is 2.51. The zero-order chi connectivity index (χ0) is 35.5. The molecule has 2 radical (unpaired) electrons. The number of sulfonamides is 1. The number of hydrogen-bond acceptors (Lipinski definition) is 8. The van der Waals surface area contributed by atoms with Gasteiger partial charge in [-0.3, -0.25) is 0 Å². The van der Waals surface area contributed by atoms with E-state index in [4.69, 9.17) is 0 Å². The minimum absolute atomic E-state index is 0.286. The zero-order valence-corrected chi connectivity index (χ0v) is 35.4. The van der Waals surface area contributed by atoms with Crippen molar-refractivity contribution < 1.29 is 19.6 Å². The van der Waals surface area contributed by atoms with Crippen LogP contribution in [-0.4, -0.2) is 69.8 Å². The Morgan fingerprint density at radius 2 is 1.32 bits per heavy atom. The molecular weight excluding hydrogens is 1060 g/mol. The Morgan fingerprint density at radius 1 is 0.800 bits per heavy atom. The molecule has 5 aromatic rings. The Morgan fingerprint density at radius 3 is 1.82 bits per heavy atom. The Hall–Kier alpha value is -2.62. The number of halogens is 2. The first-order chi connectivity index (χ1) is 24.2. The number of benzene rings is 5. The molecule has 7 rings (SSSR count). The van der Waals surface area contributed by atoms with Crippen LogP contribution in [0.4, 0.5) is 17.1 Å². The van der Waals surface area contributed by atoms with Crippen molar-refractivity contribution in [1.29, 1.82) is 0 Å². The fraction of sp³-hybridized carbons (Fsp3) is 0.216. The van der Waals surface area contributed by atoms with Gasteiger partial charge in [0.05, 0.1) is 16.3 Å². The molecule has 1 saturated heterocycles. The molecule has 2 aliphatic heterocycles. The van der Waals surface area contributed by atoms with Crippen LogP contribution in [0.15, 0.2) is 131 Å². The predicted octanol–water partition coefficient (Wildman–Crippen LogP) is 8.74. The van der Waals surface area contributed by atoms with Crippen LogP contribution in [0.5, 0.6) is 0 Å². The van der Waals surface area contributed by atoms with Crippen molar-refractivity contribution in [2.45, 2.75) is 11.4 Å². The van der Waals surface area contributed by atoms with Crippen LogP contribution in [0.3, 0.4) is 0 Å². The predicted molar refractivity (Wildman–Crippen MR) is 218 cm³/mol. The van der Waals surface area contributed by atoms with Crippen LogP contribution in [0.25, 0.3) is 21.5 Å². The molecule has 1 fully saturated rings. The van der Waals surface area contributed by atoms with Gasteiger partial charge < -0.3 is 20.0 Å². The fourth-order valence-corrected chi connectivity index (χ4v) is 7.08. The van der Waals surface area contributed by atoms with Gasteiger partial charge in [-0.25, -0.2) is 8.42 Å². The maximum absolute atomic E-state index is 12.6. The van der Waals surface area contributed by atoms with Crippen LogP contribution in [0.2, 0.25) is 0 Å². The van der Waals surface area contributed by atoms with Gasteiger partial charge in [0.25, 0.3) is 0 Å². The van der Waals surface area contributed by atoms with Gasteiger partial charge in [0.1, 0.15) is 0 Å². The monoisotopic (exact) mass is 1090 g/mol. The molecular formula is C37H39I2N7O2PtS. The standard InChI is InChI=1S/C19H16N2.C18H23N5O2S.2HI.Pt/c1-20-10-11-21(14-20)13-19-17-8-4-2-6-15(17)12-16-7-3-5-9-18(16)19;1-22(2)17-7-3-15(4-8-17)20-21-16-5-9-18(10-6-16)26(24,25)23-13-11-19-12-14-23;;;/h2-12H,13H2,1H3;3-10,19H,11-14H2,1-2H3;2*1H;/q;;;;+2/p-2. The number of nitrogens with one attached hydrogen (secondary N) is 1. The fourth-order valence-electron chi connectivity index (χ4n) is 5.64. The van der Waals surface area contributed by atoms with Crippen LogP contribution in [0, 0.1) is 6.67 Å². The van der Waals surface area contributed by atoms with Crippen molar-refractivity contribution in [3.63, 3.8) is 0 Å². The average Bonchev–Trinajstić information content (AvgIpc) is 3.56. The first-order valence-corrected chi connectivity index (χ1v) is 30.2. The number of hydrogen-bond donors (Lipinski definition) is 1. The quantitative estimate of drug-likeness (QED) is 0.0999. The number of piperazine rings is 1. The van der Waals surface area contributed by atoms with Gasteiger partial charge in [-0.15, -0.1) is 0 Å². The SMILES string of the molecule is CN(C)c1ccc(N=Nc2ccc(S(=O)(=O)N3CCNCC3)cc2)cc1.CN1[C]N(Cc2c3ccccc3cc3ccccc23)C=C1.[I][Pt][I]. The van der Waals surface area contributed by atoms with E-state index in [2.05, 4.69) is 127 Å². The Kier molecular flexibility index (Phi) is 14.5. The summed E-state index contributed by atoms with van der Waals surface area (Å²) >= 11 is 5.30. The molecule has 264 valence electrons. The maximum atomic E-state index is 12.6. The van der Waals surface area contributed by atoms with Gasteiger partial charge in [0.2, 0.25) is 16.7 Å². The van der Waals surface area contributed by atoms with Crippen LogP contribution in [0.1, 0.15) is 5.56 Å². The molecule has 50 heavy (non-hydrogen) atoms. The van der Waals surface area contributed by atoms with Crippen molar-refractivity contribution in [3.8, 4) is 0 Å². The summed E-state index contributed by atoms with van der Waals surface area (Å²) in [5, 5.41) is 16.8. The molecule has 0 aromatic heterocycles. The molecule has 1 N–H and O–H groups in total. The topological polar surface area (TPSA) is 83.8 Å². The van der Waals surface area contributed by atoms with E-state index in [9.17, 15) is 8.42 Å². The van der Waals surface area contributed by atoms with Gasteiger partial charge in [-0.2, -0.15) is 14.5 Å². The third-order valence-corrected chi connectivity index (χ3v) is 10.1. The molecule has 0 bridgehead atoms. The van der Waals surface area contributed by atoms with Gasteiger partial charge in [-0.1, -0.05) is 48.5 Å². The molecule has 0 spiro atoms. The van der Waals surface area contributed by atoms with Crippen molar-refractivity contribution >= 4 is 87.3 Å². The Bertz CT molecular complexity index is 1970. The summed E-state index contributed by atoms with van der Waals surface area (Å²) in [4.78, 5) is 6.36. The average molecular weight is 1090 g/mol. The van der Waals surface area contributed by atoms with Crippen LogP contribution >= 0.6 is 38.7 Å². The molecule has 5 aromatic carbocycles. The summed E-state index contributed by atoms with van der Waals surface area (Å²) in [5.41, 5.74) is 3.80. The van der Waals surface area contributed by atoms with Crippen molar-refractivity contribution in [2.75, 3.05) is 52.2 Å². The van der Waals surface area contributed by atoms with Crippen molar-refractivity contribution in [3.05, 3.63) is 128 Å². The minimum atomic E-state index is -3.44. The van der Waals surface area contributed by atoms with E-state index in [1.165, 1.54) is 31.4 Å². The summed E-state index contributed by atoms with van der Waals surface area (Å²) in [6.45, 7) is 6.47. The van der Waals surface area contributed by atoms with E-state index in [0.29, 0.717) is 43.1 Å². The number of rotatable bonds is 7. The third kappa shape index (κ3) is 10.2. The summed E-state index contributed by atoms with van der Waals surface area (Å²) in [6.07, 6.45) is 4.09. The van der Waals surface area contributed by atoms with E-state index < -0.39 is 10.0 Å². The van der Waals surface area contributed by atoms with E-state index in [1.54, 1.807) is 24.3 Å². The number of nitrogens with zero attached hydrogens (tertiary/aromatic N) is 6. The van der Waals surface area contributed by atoms with E-state index in [0.717, 1.165) is 17.9 Å². The van der Waals surface area contributed by atoms with Crippen LogP contribution in [-0.2, 0) is 27.8 Å². The van der Waals surface area contributed by atoms with Gasteiger partial charge >= 0.3 is 49.9 Å². The second-order valence-electron chi connectivity index (χ2n) is 11.7. The number of azo groups is 1. The molecule has 9 nitrogen and oxygen atoms in total. The molecule has 0 atom stereocenters. The molecule has 0 amide bonds. The number of fused-ring (bicyclic) bond motifs is 2. The van der Waals surface area contributed by atoms with Crippen LogP contribution < -0.4 is 10.2 Å². The Labute approximate surface area is 325 Å². The zero-order valence-electron chi connectivity index (χ0n) is 28.0. The van der Waals surface area contributed by atoms with Crippen molar-refractivity contribution in [2.24, 2.45) is 10.2 Å². The summed E-state index contributed by atoms with van der Waals surface area (Å²) < 4.78 is 26.7. The normalized spacial score (nSPS) is 14.9. The molecule has 2 aliphatic rings. The van der Waals surface area contributed by atoms with Gasteiger partial charge in [-0.05, 0) is 81.7 Å². The summed E-state index contributed by atoms with van der Waals surface area (Å²) in [5.74, 6) is 0. The van der Waals surface area contributed by atoms with Gasteiger partial charge in [0.15, 0.2) is 0 Å². The molecule has 2 heterocycles. The van der Waals surface area contributed by atoms with E-state index in [-0.39, 0.29) is 4.90 Å². The summed E-state index contributed by atoms with van der Waals surface area (Å²) in [6, 6.07) is 33.7. The molecule has 13 heteroatoms. The van der Waals surface area contributed by atoms with Crippen molar-refractivity contribution in [1.82, 2.24) is 19.4 Å². The Balaban J connectivity index is 0.000000183. The second kappa shape index (κ2) is 18.7. The molecule has 0 unspecified atom stereocenters. The number of anilines is 1. The second-order valence-corrected chi connectivity index (χ2v) is 30.3. The van der Waals surface area contributed by atoms with Gasteiger partial charge in [0, 0.05) is 72.0 Å². The third-order valence-electron chi connectivity index (χ3n) is 8.17. The molecule has 0 aliphatic carbocycles.